The summed E-state index contributed by atoms with van der Waals surface area (Å²) in [5.41, 5.74) is 8.20. The van der Waals surface area contributed by atoms with Crippen molar-refractivity contribution in [2.24, 2.45) is 5.73 Å². The fourth-order valence-corrected chi connectivity index (χ4v) is 3.53. The highest BCUT2D eigenvalue weighted by Gasteiger charge is 2.44. The first kappa shape index (κ1) is 11.1. The molecule has 1 aliphatic carbocycles. The predicted octanol–water partition coefficient (Wildman–Crippen LogP) is 0.204. The van der Waals surface area contributed by atoms with Gasteiger partial charge in [-0.2, -0.15) is 0 Å². The average molecular weight is 253 g/mol. The van der Waals surface area contributed by atoms with Crippen LogP contribution in [0.4, 0.5) is 0 Å². The van der Waals surface area contributed by atoms with E-state index in [1.165, 1.54) is 0 Å². The Kier molecular flexibility index (Phi) is 2.13. The number of aryl methyl sites for hydroxylation is 1. The van der Waals surface area contributed by atoms with E-state index < -0.39 is 15.4 Å². The Balaban J connectivity index is 2.12. The molecule has 0 radical (unpaired) electrons. The molecular weight excluding hydrogens is 238 g/mol. The molecule has 0 amide bonds. The molecule has 2 aliphatic rings. The van der Waals surface area contributed by atoms with Gasteiger partial charge in [-0.25, -0.2) is 18.4 Å². The lowest BCUT2D eigenvalue weighted by atomic mass is 10.1. The normalized spacial score (nSPS) is 24.1. The Labute approximate surface area is 100 Å². The van der Waals surface area contributed by atoms with E-state index in [-0.39, 0.29) is 11.5 Å². The Hall–Kier alpha value is -1.01. The number of nitrogens with zero attached hydrogens (tertiary/aromatic N) is 2. The van der Waals surface area contributed by atoms with Crippen LogP contribution in [-0.2, 0) is 27.5 Å². The molecule has 6 heteroatoms. The molecule has 17 heavy (non-hydrogen) atoms. The molecule has 3 rings (SSSR count). The number of sulfone groups is 1. The largest absolute Gasteiger partial charge is 0.319 e. The predicted molar refractivity (Wildman–Crippen MR) is 63.1 cm³/mol. The van der Waals surface area contributed by atoms with Gasteiger partial charge in [0.15, 0.2) is 9.84 Å². The molecule has 2 heterocycles. The highest BCUT2D eigenvalue weighted by atomic mass is 32.2. The molecule has 1 fully saturated rings. The second kappa shape index (κ2) is 3.26. The van der Waals surface area contributed by atoms with Crippen LogP contribution in [0.3, 0.4) is 0 Å². The Bertz CT molecular complexity index is 591. The smallest absolute Gasteiger partial charge is 0.156 e. The summed E-state index contributed by atoms with van der Waals surface area (Å²) in [4.78, 5) is 8.83. The van der Waals surface area contributed by atoms with E-state index in [1.807, 2.05) is 6.92 Å². The van der Waals surface area contributed by atoms with Gasteiger partial charge in [0.1, 0.15) is 5.82 Å². The van der Waals surface area contributed by atoms with Gasteiger partial charge in [0.2, 0.25) is 0 Å². The van der Waals surface area contributed by atoms with Crippen molar-refractivity contribution < 1.29 is 8.42 Å². The van der Waals surface area contributed by atoms with Gasteiger partial charge >= 0.3 is 0 Å². The molecule has 5 nitrogen and oxygen atoms in total. The van der Waals surface area contributed by atoms with Crippen LogP contribution in [0.2, 0.25) is 0 Å². The monoisotopic (exact) mass is 253 g/mol. The van der Waals surface area contributed by atoms with Gasteiger partial charge in [-0.1, -0.05) is 0 Å². The van der Waals surface area contributed by atoms with Gasteiger partial charge in [0.25, 0.3) is 0 Å². The quantitative estimate of drug-likeness (QED) is 0.773. The first-order valence-electron chi connectivity index (χ1n) is 5.76. The van der Waals surface area contributed by atoms with Gasteiger partial charge < -0.3 is 5.73 Å². The number of nitrogens with two attached hydrogens (primary N) is 1. The van der Waals surface area contributed by atoms with Crippen LogP contribution in [0, 0.1) is 6.92 Å². The Morgan fingerprint density at radius 2 is 2.00 bits per heavy atom. The summed E-state index contributed by atoms with van der Waals surface area (Å²) < 4.78 is 23.2. The highest BCUT2D eigenvalue weighted by molar-refractivity contribution is 7.90. The lowest BCUT2D eigenvalue weighted by molar-refractivity contribution is 0.587. The third-order valence-electron chi connectivity index (χ3n) is 3.55. The SMILES string of the molecule is Cc1nc(C2(N)CC2)nc2c1CCS(=O)(=O)C2. The van der Waals surface area contributed by atoms with E-state index in [0.717, 1.165) is 24.1 Å². The fraction of sp³-hybridized carbons (Fsp3) is 0.636. The zero-order valence-corrected chi connectivity index (χ0v) is 10.5. The maximum Gasteiger partial charge on any atom is 0.156 e. The van der Waals surface area contributed by atoms with Crippen molar-refractivity contribution in [3.8, 4) is 0 Å². The van der Waals surface area contributed by atoms with Crippen LogP contribution in [0.5, 0.6) is 0 Å². The molecule has 1 aromatic heterocycles. The standard InChI is InChI=1S/C11H15N3O2S/c1-7-8-2-5-17(15,16)6-9(8)14-10(13-7)11(12)3-4-11/h2-6,12H2,1H3. The van der Waals surface area contributed by atoms with Gasteiger partial charge in [-0.3, -0.25) is 0 Å². The maximum atomic E-state index is 11.6. The second-order valence-corrected chi connectivity index (χ2v) is 7.24. The third kappa shape index (κ3) is 1.85. The summed E-state index contributed by atoms with van der Waals surface area (Å²) in [6, 6.07) is 0. The number of fused-ring (bicyclic) bond motifs is 1. The summed E-state index contributed by atoms with van der Waals surface area (Å²) >= 11 is 0. The fourth-order valence-electron chi connectivity index (χ4n) is 2.22. The Morgan fingerprint density at radius 1 is 1.29 bits per heavy atom. The molecule has 1 saturated carbocycles. The molecule has 0 aromatic carbocycles. The Morgan fingerprint density at radius 3 is 2.65 bits per heavy atom. The van der Waals surface area contributed by atoms with Crippen molar-refractivity contribution >= 4 is 9.84 Å². The lowest BCUT2D eigenvalue weighted by Crippen LogP contribution is -2.27. The summed E-state index contributed by atoms with van der Waals surface area (Å²) in [5.74, 6) is 0.859. The number of rotatable bonds is 1. The molecule has 2 N–H and O–H groups in total. The van der Waals surface area contributed by atoms with Crippen molar-refractivity contribution in [3.05, 3.63) is 22.8 Å². The molecule has 0 atom stereocenters. The number of hydrogen-bond acceptors (Lipinski definition) is 5. The van der Waals surface area contributed by atoms with Crippen molar-refractivity contribution in [2.45, 2.75) is 37.5 Å². The minimum Gasteiger partial charge on any atom is -0.319 e. The summed E-state index contributed by atoms with van der Waals surface area (Å²) in [6.07, 6.45) is 2.30. The van der Waals surface area contributed by atoms with E-state index in [2.05, 4.69) is 9.97 Å². The molecule has 1 aliphatic heterocycles. The first-order chi connectivity index (χ1) is 7.90. The average Bonchev–Trinajstić information content (AvgIpc) is 2.95. The van der Waals surface area contributed by atoms with Crippen LogP contribution in [0.1, 0.15) is 35.6 Å². The lowest BCUT2D eigenvalue weighted by Gasteiger charge is -2.19. The van der Waals surface area contributed by atoms with Crippen LogP contribution in [0.25, 0.3) is 0 Å². The van der Waals surface area contributed by atoms with Crippen LogP contribution in [-0.4, -0.2) is 24.1 Å². The zero-order valence-electron chi connectivity index (χ0n) is 9.73. The summed E-state index contributed by atoms with van der Waals surface area (Å²) in [5, 5.41) is 0. The highest BCUT2D eigenvalue weighted by Crippen LogP contribution is 2.41. The van der Waals surface area contributed by atoms with E-state index in [1.54, 1.807) is 0 Å². The van der Waals surface area contributed by atoms with Crippen molar-refractivity contribution in [2.75, 3.05) is 5.75 Å². The van der Waals surface area contributed by atoms with E-state index in [0.29, 0.717) is 17.9 Å². The molecule has 0 saturated heterocycles. The van der Waals surface area contributed by atoms with E-state index in [9.17, 15) is 8.42 Å². The minimum atomic E-state index is -2.99. The molecular formula is C11H15N3O2S. The first-order valence-corrected chi connectivity index (χ1v) is 7.58. The van der Waals surface area contributed by atoms with E-state index >= 15 is 0 Å². The van der Waals surface area contributed by atoms with Gasteiger partial charge in [0.05, 0.1) is 22.7 Å². The van der Waals surface area contributed by atoms with Gasteiger partial charge in [0, 0.05) is 5.69 Å². The van der Waals surface area contributed by atoms with Gasteiger partial charge in [-0.05, 0) is 31.7 Å². The topological polar surface area (TPSA) is 85.9 Å². The molecule has 0 spiro atoms. The zero-order chi connectivity index (χ0) is 12.3. The summed E-state index contributed by atoms with van der Waals surface area (Å²) in [6.45, 7) is 1.91. The second-order valence-electron chi connectivity index (χ2n) is 5.06. The van der Waals surface area contributed by atoms with Crippen LogP contribution in [0.15, 0.2) is 0 Å². The molecule has 92 valence electrons. The third-order valence-corrected chi connectivity index (χ3v) is 5.09. The van der Waals surface area contributed by atoms with Crippen LogP contribution < -0.4 is 5.73 Å². The van der Waals surface area contributed by atoms with Crippen molar-refractivity contribution in [1.82, 2.24) is 9.97 Å². The molecule has 0 bridgehead atoms. The van der Waals surface area contributed by atoms with Gasteiger partial charge in [-0.15, -0.1) is 0 Å². The minimum absolute atomic E-state index is 0.0365. The maximum absolute atomic E-state index is 11.6. The summed E-state index contributed by atoms with van der Waals surface area (Å²) in [7, 11) is -2.99. The van der Waals surface area contributed by atoms with Crippen LogP contribution >= 0.6 is 0 Å². The molecule has 0 unspecified atom stereocenters. The van der Waals surface area contributed by atoms with Crippen molar-refractivity contribution in [1.29, 1.82) is 0 Å². The van der Waals surface area contributed by atoms with Crippen molar-refractivity contribution in [3.63, 3.8) is 0 Å². The number of hydrogen-bond donors (Lipinski definition) is 1. The molecule has 1 aromatic rings. The van der Waals surface area contributed by atoms with E-state index in [4.69, 9.17) is 5.73 Å². The number of aromatic nitrogens is 2.